The van der Waals surface area contributed by atoms with E-state index >= 15 is 0 Å². The third-order valence-electron chi connectivity index (χ3n) is 7.66. The van der Waals surface area contributed by atoms with Gasteiger partial charge < -0.3 is 9.80 Å². The molecule has 0 bridgehead atoms. The summed E-state index contributed by atoms with van der Waals surface area (Å²) in [5, 5.41) is 3.28. The van der Waals surface area contributed by atoms with Crippen molar-refractivity contribution in [1.82, 2.24) is 25.4 Å². The van der Waals surface area contributed by atoms with E-state index in [0.717, 1.165) is 5.56 Å². The quantitative estimate of drug-likeness (QED) is 0.433. The number of carbonyl (C=O) groups is 2. The van der Waals surface area contributed by atoms with Crippen molar-refractivity contribution in [2.45, 2.75) is 50.6 Å². The van der Waals surface area contributed by atoms with E-state index in [9.17, 15) is 35.9 Å². The highest BCUT2D eigenvalue weighted by atomic mass is 35.5. The zero-order chi connectivity index (χ0) is 30.4. The summed E-state index contributed by atoms with van der Waals surface area (Å²) in [5.74, 6) is -0.0655. The van der Waals surface area contributed by atoms with Crippen LogP contribution >= 0.6 is 11.6 Å². The molecule has 2 fully saturated rings. The van der Waals surface area contributed by atoms with Gasteiger partial charge in [-0.1, -0.05) is 29.8 Å². The molecule has 5 rings (SSSR count). The number of nitrogens with zero attached hydrogens (tertiary/aromatic N) is 4. The predicted molar refractivity (Wildman–Crippen MR) is 141 cm³/mol. The second-order valence-corrected chi connectivity index (χ2v) is 10.9. The molecule has 2 aromatic rings. The van der Waals surface area contributed by atoms with Gasteiger partial charge in [0.2, 0.25) is 0 Å². The fraction of sp³-hybridized carbons (Fsp3) is 0.429. The number of alkyl halides is 6. The monoisotopic (exact) mass is 615 g/mol. The number of hydrogen-bond acceptors (Lipinski definition) is 6. The molecular formula is C28H28ClF6N5O2. The Morgan fingerprint density at radius 3 is 2.19 bits per heavy atom. The van der Waals surface area contributed by atoms with Gasteiger partial charge >= 0.3 is 12.4 Å². The number of likely N-dealkylation sites (N-methyl/N-ethyl adjacent to an activating group) is 1. The van der Waals surface area contributed by atoms with Crippen LogP contribution < -0.4 is 5.53 Å². The highest BCUT2D eigenvalue weighted by molar-refractivity contribution is 6.31. The van der Waals surface area contributed by atoms with Gasteiger partial charge in [-0.25, -0.2) is 0 Å². The molecule has 0 radical (unpaired) electrons. The third-order valence-corrected chi connectivity index (χ3v) is 8.01. The molecule has 1 amide bonds. The molecule has 0 aliphatic carbocycles. The fourth-order valence-corrected chi connectivity index (χ4v) is 5.96. The molecule has 0 saturated carbocycles. The number of carbonyl (C=O) groups excluding carboxylic acids is 2. The topological polar surface area (TPSA) is 59.1 Å². The molecule has 226 valence electrons. The molecule has 1 atom stereocenters. The second-order valence-electron chi connectivity index (χ2n) is 10.5. The zero-order valence-corrected chi connectivity index (χ0v) is 23.3. The van der Waals surface area contributed by atoms with Crippen molar-refractivity contribution in [3.63, 3.8) is 0 Å². The molecule has 3 heterocycles. The highest BCUT2D eigenvalue weighted by Gasteiger charge is 2.42. The first kappa shape index (κ1) is 30.0. The van der Waals surface area contributed by atoms with Crippen LogP contribution in [0.2, 0.25) is 5.02 Å². The van der Waals surface area contributed by atoms with Crippen LogP contribution in [0.5, 0.6) is 0 Å². The minimum atomic E-state index is -5.00. The lowest BCUT2D eigenvalue weighted by molar-refractivity contribution is -0.143. The largest absolute Gasteiger partial charge is 0.416 e. The van der Waals surface area contributed by atoms with E-state index in [1.54, 1.807) is 29.0 Å². The highest BCUT2D eigenvalue weighted by Crippen LogP contribution is 2.40. The Morgan fingerprint density at radius 1 is 0.976 bits per heavy atom. The molecule has 1 N–H and O–H groups in total. The summed E-state index contributed by atoms with van der Waals surface area (Å²) < 4.78 is 81.3. The van der Waals surface area contributed by atoms with Crippen LogP contribution in [-0.2, 0) is 28.5 Å². The minimum absolute atomic E-state index is 0.0246. The maximum atomic E-state index is 14.2. The summed E-state index contributed by atoms with van der Waals surface area (Å²) in [6, 6.07) is 8.30. The summed E-state index contributed by atoms with van der Waals surface area (Å²) in [5.41, 5.74) is 0.774. The molecule has 3 aliphatic heterocycles. The number of ketones is 1. The summed E-state index contributed by atoms with van der Waals surface area (Å²) >= 11 is 6.45. The van der Waals surface area contributed by atoms with Crippen molar-refractivity contribution in [3.8, 4) is 0 Å². The Labute approximate surface area is 243 Å². The number of hydrogen-bond donors (Lipinski definition) is 1. The summed E-state index contributed by atoms with van der Waals surface area (Å²) in [6.07, 6.45) is -8.23. The van der Waals surface area contributed by atoms with Crippen molar-refractivity contribution < 1.29 is 35.9 Å². The van der Waals surface area contributed by atoms with Crippen molar-refractivity contribution in [3.05, 3.63) is 81.3 Å². The van der Waals surface area contributed by atoms with Crippen LogP contribution in [0.15, 0.2) is 54.0 Å². The first-order valence-electron chi connectivity index (χ1n) is 13.4. The van der Waals surface area contributed by atoms with E-state index in [4.69, 9.17) is 11.6 Å². The van der Waals surface area contributed by atoms with E-state index in [-0.39, 0.29) is 66.8 Å². The van der Waals surface area contributed by atoms with Gasteiger partial charge in [0.1, 0.15) is 5.78 Å². The average molecular weight is 616 g/mol. The Morgan fingerprint density at radius 2 is 1.60 bits per heavy atom. The lowest BCUT2D eigenvalue weighted by Crippen LogP contribution is -2.44. The maximum absolute atomic E-state index is 14.2. The van der Waals surface area contributed by atoms with Crippen molar-refractivity contribution in [2.24, 2.45) is 0 Å². The van der Waals surface area contributed by atoms with E-state index < -0.39 is 30.0 Å². The molecule has 14 heteroatoms. The molecule has 0 unspecified atom stereocenters. The smallest absolute Gasteiger partial charge is 0.354 e. The molecule has 7 nitrogen and oxygen atoms in total. The minimum Gasteiger partial charge on any atom is -0.354 e. The summed E-state index contributed by atoms with van der Waals surface area (Å²) in [7, 11) is 1.55. The van der Waals surface area contributed by atoms with Crippen molar-refractivity contribution >= 4 is 23.3 Å². The summed E-state index contributed by atoms with van der Waals surface area (Å²) in [4.78, 5) is 29.6. The van der Waals surface area contributed by atoms with Crippen LogP contribution in [0.3, 0.4) is 0 Å². The number of Topliss-reactive ketones (excluding diaryl/α,β-unsaturated/α-hetero) is 1. The lowest BCUT2D eigenvalue weighted by Gasteiger charge is -2.34. The van der Waals surface area contributed by atoms with E-state index in [2.05, 4.69) is 5.53 Å². The molecule has 0 spiro atoms. The van der Waals surface area contributed by atoms with Gasteiger partial charge in [-0.15, -0.1) is 5.53 Å². The average Bonchev–Trinajstić information content (AvgIpc) is 3.52. The van der Waals surface area contributed by atoms with Gasteiger partial charge in [-0.3, -0.25) is 19.6 Å². The Bertz CT molecular complexity index is 1370. The number of likely N-dealkylation sites (tertiary alicyclic amines) is 2. The van der Waals surface area contributed by atoms with Crippen LogP contribution in [-0.4, -0.2) is 58.2 Å². The Balaban J connectivity index is 1.54. The Kier molecular flexibility index (Phi) is 8.10. The first-order valence-corrected chi connectivity index (χ1v) is 13.7. The SMILES string of the molecule is CN1NN(Cc2cc(C(F)(F)F)cc(C(F)(F)F)c2)C(N2CCC(=O)CC2)=C1C(=O)N1CCC[C@@H]1c1ccccc1Cl. The van der Waals surface area contributed by atoms with Gasteiger partial charge in [0.15, 0.2) is 11.5 Å². The number of piperidine rings is 1. The molecule has 0 aromatic heterocycles. The van der Waals surface area contributed by atoms with Gasteiger partial charge in [-0.2, -0.15) is 26.3 Å². The number of nitrogens with one attached hydrogen (secondary N) is 1. The van der Waals surface area contributed by atoms with Crippen LogP contribution in [0.1, 0.15) is 54.0 Å². The number of amides is 1. The second kappa shape index (κ2) is 11.3. The molecule has 3 aliphatic rings. The van der Waals surface area contributed by atoms with Crippen molar-refractivity contribution in [1.29, 1.82) is 0 Å². The van der Waals surface area contributed by atoms with Gasteiger partial charge in [0.25, 0.3) is 5.91 Å². The van der Waals surface area contributed by atoms with Crippen LogP contribution in [0, 0.1) is 0 Å². The molecule has 2 saturated heterocycles. The number of rotatable bonds is 5. The molecular weight excluding hydrogens is 588 g/mol. The normalized spacial score (nSPS) is 20.3. The number of hydrazine groups is 2. The van der Waals surface area contributed by atoms with E-state index in [0.29, 0.717) is 36.5 Å². The van der Waals surface area contributed by atoms with Gasteiger partial charge in [0, 0.05) is 44.5 Å². The maximum Gasteiger partial charge on any atom is 0.416 e. The van der Waals surface area contributed by atoms with Gasteiger partial charge in [0.05, 0.1) is 23.7 Å². The van der Waals surface area contributed by atoms with Crippen molar-refractivity contribution in [2.75, 3.05) is 26.7 Å². The number of halogens is 7. The lowest BCUT2D eigenvalue weighted by atomic mass is 10.0. The van der Waals surface area contributed by atoms with E-state index in [1.807, 2.05) is 12.1 Å². The van der Waals surface area contributed by atoms with E-state index in [1.165, 1.54) is 10.0 Å². The van der Waals surface area contributed by atoms with Gasteiger partial charge in [-0.05, 0) is 48.2 Å². The fourth-order valence-electron chi connectivity index (χ4n) is 5.70. The Hall–Kier alpha value is -3.45. The third kappa shape index (κ3) is 6.03. The van der Waals surface area contributed by atoms with Crippen LogP contribution in [0.25, 0.3) is 0 Å². The zero-order valence-electron chi connectivity index (χ0n) is 22.5. The standard InChI is InChI=1S/C28H28ClF6N5O2/c1-37-24(26(42)39-10-4-7-23(39)21-5-2-3-6-22(21)29)25(38-11-8-20(41)9-12-38)40(36-37)16-17-13-18(27(30,31)32)15-19(14-17)28(33,34)35/h2-3,5-6,13-15,23,36H,4,7-12,16H2,1H3/t23-/m1/s1. The number of benzene rings is 2. The first-order chi connectivity index (χ1) is 19.7. The molecule has 2 aromatic carbocycles. The predicted octanol–water partition coefficient (Wildman–Crippen LogP) is 5.74. The molecule has 42 heavy (non-hydrogen) atoms. The van der Waals surface area contributed by atoms with Crippen LogP contribution in [0.4, 0.5) is 26.3 Å². The summed E-state index contributed by atoms with van der Waals surface area (Å²) in [6.45, 7) is 0.491.